The van der Waals surface area contributed by atoms with Crippen LogP contribution in [0.15, 0.2) is 42.7 Å². The Morgan fingerprint density at radius 1 is 1.00 bits per heavy atom. The molecule has 1 aromatic heterocycles. The van der Waals surface area contributed by atoms with Crippen LogP contribution in [0.3, 0.4) is 0 Å². The average molecular weight is 350 g/mol. The molecule has 2 aliphatic heterocycles. The maximum atomic E-state index is 12.7. The van der Waals surface area contributed by atoms with Crippen LogP contribution < -0.4 is 5.32 Å². The van der Waals surface area contributed by atoms with Gasteiger partial charge in [0.1, 0.15) is 0 Å². The molecule has 3 amide bonds. The molecule has 0 atom stereocenters. The van der Waals surface area contributed by atoms with Gasteiger partial charge in [-0.15, -0.1) is 0 Å². The zero-order valence-corrected chi connectivity index (χ0v) is 14.1. The van der Waals surface area contributed by atoms with Gasteiger partial charge >= 0.3 is 0 Å². The zero-order valence-electron chi connectivity index (χ0n) is 14.1. The monoisotopic (exact) mass is 350 g/mol. The molecular weight excluding hydrogens is 332 g/mol. The molecule has 0 unspecified atom stereocenters. The molecule has 1 fully saturated rings. The van der Waals surface area contributed by atoms with E-state index in [1.165, 1.54) is 4.90 Å². The minimum atomic E-state index is -0.364. The normalized spacial score (nSPS) is 16.8. The first-order chi connectivity index (χ1) is 12.6. The van der Waals surface area contributed by atoms with Gasteiger partial charge in [-0.1, -0.05) is 0 Å². The maximum Gasteiger partial charge on any atom is 0.261 e. The molecule has 132 valence electrons. The van der Waals surface area contributed by atoms with Crippen LogP contribution in [0.25, 0.3) is 0 Å². The lowest BCUT2D eigenvalue weighted by molar-refractivity contribution is 0.0641. The highest BCUT2D eigenvalue weighted by molar-refractivity contribution is 6.22. The largest absolute Gasteiger partial charge is 0.336 e. The molecule has 0 aliphatic carbocycles. The number of rotatable bonds is 3. The Kier molecular flexibility index (Phi) is 4.22. The Hall–Kier alpha value is -3.06. The van der Waals surface area contributed by atoms with Gasteiger partial charge in [-0.3, -0.25) is 24.3 Å². The second-order valence-electron chi connectivity index (χ2n) is 6.35. The number of imide groups is 1. The number of pyridine rings is 1. The van der Waals surface area contributed by atoms with Gasteiger partial charge in [0, 0.05) is 44.1 Å². The van der Waals surface area contributed by atoms with E-state index < -0.39 is 0 Å². The summed E-state index contributed by atoms with van der Waals surface area (Å²) >= 11 is 0. The van der Waals surface area contributed by atoms with E-state index in [-0.39, 0.29) is 24.3 Å². The van der Waals surface area contributed by atoms with Crippen LogP contribution in [0.5, 0.6) is 0 Å². The van der Waals surface area contributed by atoms with E-state index in [9.17, 15) is 14.4 Å². The molecule has 26 heavy (non-hydrogen) atoms. The highest BCUT2D eigenvalue weighted by Gasteiger charge is 2.36. The van der Waals surface area contributed by atoms with Gasteiger partial charge in [-0.25, -0.2) is 0 Å². The summed E-state index contributed by atoms with van der Waals surface area (Å²) in [4.78, 5) is 44.8. The summed E-state index contributed by atoms with van der Waals surface area (Å²) in [5, 5.41) is 3.20. The van der Waals surface area contributed by atoms with Crippen molar-refractivity contribution in [1.82, 2.24) is 20.1 Å². The number of benzene rings is 1. The van der Waals surface area contributed by atoms with E-state index in [1.54, 1.807) is 47.6 Å². The highest BCUT2D eigenvalue weighted by Crippen LogP contribution is 2.26. The van der Waals surface area contributed by atoms with E-state index in [1.807, 2.05) is 0 Å². The van der Waals surface area contributed by atoms with Crippen molar-refractivity contribution in [3.05, 3.63) is 65.0 Å². The third-order valence-corrected chi connectivity index (χ3v) is 4.71. The van der Waals surface area contributed by atoms with Crippen molar-refractivity contribution in [2.24, 2.45) is 0 Å². The minimum Gasteiger partial charge on any atom is -0.336 e. The number of carbonyl (C=O) groups excluding carboxylic acids is 3. The second kappa shape index (κ2) is 6.68. The van der Waals surface area contributed by atoms with Gasteiger partial charge in [-0.2, -0.15) is 0 Å². The lowest BCUT2D eigenvalue weighted by Crippen LogP contribution is -2.46. The molecule has 1 aromatic carbocycles. The predicted molar refractivity (Wildman–Crippen MR) is 93.7 cm³/mol. The summed E-state index contributed by atoms with van der Waals surface area (Å²) in [5.41, 5.74) is 1.91. The van der Waals surface area contributed by atoms with Crippen molar-refractivity contribution in [2.75, 3.05) is 26.2 Å². The number of hydrogen-bond acceptors (Lipinski definition) is 5. The molecule has 3 heterocycles. The van der Waals surface area contributed by atoms with Gasteiger partial charge in [0.25, 0.3) is 17.7 Å². The standard InChI is InChI=1S/C19H18N4O3/c24-17(22-9-7-21-8-10-22)14-1-2-15-16(11-14)19(26)23(18(15)25)12-13-3-5-20-6-4-13/h1-6,11,21H,7-10,12H2. The molecule has 1 N–H and O–H groups in total. The molecule has 0 spiro atoms. The lowest BCUT2D eigenvalue weighted by atomic mass is 10.0. The number of fused-ring (bicyclic) bond motifs is 1. The second-order valence-corrected chi connectivity index (χ2v) is 6.35. The minimum absolute atomic E-state index is 0.109. The van der Waals surface area contributed by atoms with Crippen molar-refractivity contribution in [3.8, 4) is 0 Å². The highest BCUT2D eigenvalue weighted by atomic mass is 16.2. The summed E-state index contributed by atoms with van der Waals surface area (Å²) in [6.45, 7) is 2.98. The summed E-state index contributed by atoms with van der Waals surface area (Å²) < 4.78 is 0. The Morgan fingerprint density at radius 3 is 2.42 bits per heavy atom. The number of piperazine rings is 1. The fourth-order valence-corrected chi connectivity index (χ4v) is 3.29. The topological polar surface area (TPSA) is 82.6 Å². The SMILES string of the molecule is O=C(c1ccc2c(c1)C(=O)N(Cc1ccncc1)C2=O)N1CCNCC1. The Balaban J connectivity index is 1.59. The van der Waals surface area contributed by atoms with Crippen molar-refractivity contribution in [1.29, 1.82) is 0 Å². The molecule has 4 rings (SSSR count). The smallest absolute Gasteiger partial charge is 0.261 e. The Bertz CT molecular complexity index is 876. The predicted octanol–water partition coefficient (Wildman–Crippen LogP) is 0.923. The number of nitrogens with zero attached hydrogens (tertiary/aromatic N) is 3. The van der Waals surface area contributed by atoms with E-state index >= 15 is 0 Å². The first-order valence-corrected chi connectivity index (χ1v) is 8.54. The van der Waals surface area contributed by atoms with Gasteiger partial charge in [0.2, 0.25) is 0 Å². The Morgan fingerprint density at radius 2 is 1.69 bits per heavy atom. The molecule has 2 aliphatic rings. The number of carbonyl (C=O) groups is 3. The molecule has 7 heteroatoms. The van der Waals surface area contributed by atoms with Crippen LogP contribution in [0.4, 0.5) is 0 Å². The maximum absolute atomic E-state index is 12.7. The van der Waals surface area contributed by atoms with Crippen molar-refractivity contribution in [2.45, 2.75) is 6.54 Å². The van der Waals surface area contributed by atoms with Crippen LogP contribution in [0.1, 0.15) is 36.6 Å². The lowest BCUT2D eigenvalue weighted by Gasteiger charge is -2.27. The molecule has 0 bridgehead atoms. The molecule has 2 aromatic rings. The fourth-order valence-electron chi connectivity index (χ4n) is 3.29. The van der Waals surface area contributed by atoms with E-state index in [0.717, 1.165) is 18.7 Å². The number of amides is 3. The fraction of sp³-hybridized carbons (Fsp3) is 0.263. The summed E-state index contributed by atoms with van der Waals surface area (Å²) in [5.74, 6) is -0.804. The molecule has 7 nitrogen and oxygen atoms in total. The quantitative estimate of drug-likeness (QED) is 0.833. The zero-order chi connectivity index (χ0) is 18.1. The van der Waals surface area contributed by atoms with Crippen LogP contribution >= 0.6 is 0 Å². The van der Waals surface area contributed by atoms with E-state index in [2.05, 4.69) is 10.3 Å². The summed E-state index contributed by atoms with van der Waals surface area (Å²) in [6, 6.07) is 8.29. The third-order valence-electron chi connectivity index (χ3n) is 4.71. The molecule has 1 saturated heterocycles. The van der Waals surface area contributed by atoms with Gasteiger partial charge in [0.05, 0.1) is 17.7 Å². The van der Waals surface area contributed by atoms with Gasteiger partial charge in [0.15, 0.2) is 0 Å². The number of nitrogens with one attached hydrogen (secondary N) is 1. The summed E-state index contributed by atoms with van der Waals surface area (Å²) in [6.07, 6.45) is 3.25. The van der Waals surface area contributed by atoms with Crippen LogP contribution in [0.2, 0.25) is 0 Å². The van der Waals surface area contributed by atoms with Crippen LogP contribution in [-0.2, 0) is 6.54 Å². The van der Waals surface area contributed by atoms with Gasteiger partial charge < -0.3 is 10.2 Å². The molecule has 0 radical (unpaired) electrons. The van der Waals surface area contributed by atoms with Crippen molar-refractivity contribution in [3.63, 3.8) is 0 Å². The first kappa shape index (κ1) is 16.4. The van der Waals surface area contributed by atoms with E-state index in [0.29, 0.717) is 29.8 Å². The summed E-state index contributed by atoms with van der Waals surface area (Å²) in [7, 11) is 0. The van der Waals surface area contributed by atoms with Crippen molar-refractivity contribution >= 4 is 17.7 Å². The number of aromatic nitrogens is 1. The molecule has 0 saturated carbocycles. The Labute approximate surface area is 150 Å². The van der Waals surface area contributed by atoms with E-state index in [4.69, 9.17) is 0 Å². The average Bonchev–Trinajstić information content (AvgIpc) is 2.93. The van der Waals surface area contributed by atoms with Crippen LogP contribution in [-0.4, -0.2) is 58.7 Å². The first-order valence-electron chi connectivity index (χ1n) is 8.54. The van der Waals surface area contributed by atoms with Crippen LogP contribution in [0, 0.1) is 0 Å². The number of hydrogen-bond donors (Lipinski definition) is 1. The van der Waals surface area contributed by atoms with Crippen molar-refractivity contribution < 1.29 is 14.4 Å². The molecular formula is C19H18N4O3. The van der Waals surface area contributed by atoms with Gasteiger partial charge in [-0.05, 0) is 35.9 Å². The third kappa shape index (κ3) is 2.86.